The number of amides is 2. The number of anilines is 1. The number of nitrogens with zero attached hydrogens (tertiary/aromatic N) is 1. The van der Waals surface area contributed by atoms with Gasteiger partial charge in [-0.3, -0.25) is 9.59 Å². The predicted molar refractivity (Wildman–Crippen MR) is 118 cm³/mol. The number of carbonyl (C=O) groups excluding carboxylic acids is 2. The van der Waals surface area contributed by atoms with Crippen molar-refractivity contribution in [1.82, 2.24) is 4.90 Å². The van der Waals surface area contributed by atoms with Crippen molar-refractivity contribution in [3.63, 3.8) is 0 Å². The van der Waals surface area contributed by atoms with Gasteiger partial charge in [-0.15, -0.1) is 0 Å². The first-order valence-corrected chi connectivity index (χ1v) is 10.5. The molecular formula is C25H28N2O3. The van der Waals surface area contributed by atoms with Gasteiger partial charge < -0.3 is 15.0 Å². The third-order valence-electron chi connectivity index (χ3n) is 5.10. The van der Waals surface area contributed by atoms with Gasteiger partial charge in [0.15, 0.2) is 0 Å². The topological polar surface area (TPSA) is 58.6 Å². The van der Waals surface area contributed by atoms with Gasteiger partial charge in [-0.2, -0.15) is 0 Å². The molecule has 2 aromatic rings. The first kappa shape index (κ1) is 21.6. The van der Waals surface area contributed by atoms with Crippen molar-refractivity contribution < 1.29 is 14.3 Å². The maximum atomic E-state index is 13.2. The van der Waals surface area contributed by atoms with Crippen molar-refractivity contribution in [1.29, 1.82) is 0 Å². The van der Waals surface area contributed by atoms with Gasteiger partial charge in [0.25, 0.3) is 11.8 Å². The van der Waals surface area contributed by atoms with E-state index in [0.717, 1.165) is 30.4 Å². The summed E-state index contributed by atoms with van der Waals surface area (Å²) in [7, 11) is 0. The predicted octanol–water partition coefficient (Wildman–Crippen LogP) is 4.02. The minimum atomic E-state index is -0.409. The molecule has 0 aromatic heterocycles. The maximum Gasteiger partial charge on any atom is 0.254 e. The summed E-state index contributed by atoms with van der Waals surface area (Å²) in [6.45, 7) is 5.49. The lowest BCUT2D eigenvalue weighted by Crippen LogP contribution is -2.33. The monoisotopic (exact) mass is 404 g/mol. The van der Waals surface area contributed by atoms with Crippen molar-refractivity contribution >= 4 is 17.5 Å². The molecule has 0 spiro atoms. The number of benzene rings is 2. The third-order valence-corrected chi connectivity index (χ3v) is 5.10. The summed E-state index contributed by atoms with van der Waals surface area (Å²) < 4.78 is 5.45. The van der Waals surface area contributed by atoms with Crippen molar-refractivity contribution in [3.8, 4) is 11.8 Å². The Morgan fingerprint density at radius 1 is 1.17 bits per heavy atom. The van der Waals surface area contributed by atoms with Gasteiger partial charge >= 0.3 is 0 Å². The second-order valence-corrected chi connectivity index (χ2v) is 7.36. The number of nitrogens with one attached hydrogen (secondary N) is 1. The molecule has 0 unspecified atom stereocenters. The van der Waals surface area contributed by atoms with E-state index in [1.54, 1.807) is 17.0 Å². The number of hydrogen-bond acceptors (Lipinski definition) is 3. The molecule has 1 aliphatic heterocycles. The fourth-order valence-electron chi connectivity index (χ4n) is 3.45. The highest BCUT2D eigenvalue weighted by atomic mass is 16.5. The second kappa shape index (κ2) is 10.6. The zero-order valence-electron chi connectivity index (χ0n) is 17.6. The van der Waals surface area contributed by atoms with Gasteiger partial charge in [0.05, 0.1) is 6.54 Å². The number of carbonyl (C=O) groups is 2. The summed E-state index contributed by atoms with van der Waals surface area (Å²) in [5.74, 6) is 5.99. The van der Waals surface area contributed by atoms with Gasteiger partial charge in [0, 0.05) is 30.0 Å². The van der Waals surface area contributed by atoms with Crippen LogP contribution in [0.15, 0.2) is 48.5 Å². The van der Waals surface area contributed by atoms with Gasteiger partial charge in [-0.05, 0) is 56.0 Å². The number of rotatable bonds is 6. The Kier molecular flexibility index (Phi) is 7.64. The molecule has 3 rings (SSSR count). The zero-order valence-corrected chi connectivity index (χ0v) is 17.6. The molecule has 2 aromatic carbocycles. The average molecular weight is 405 g/mol. The molecule has 1 atom stereocenters. The van der Waals surface area contributed by atoms with E-state index in [0.29, 0.717) is 30.9 Å². The molecule has 2 amide bonds. The molecule has 5 nitrogen and oxygen atoms in total. The van der Waals surface area contributed by atoms with Crippen LogP contribution in [0.25, 0.3) is 0 Å². The molecule has 30 heavy (non-hydrogen) atoms. The summed E-state index contributed by atoms with van der Waals surface area (Å²) in [6.07, 6.45) is 2.06. The highest BCUT2D eigenvalue weighted by Gasteiger charge is 2.25. The van der Waals surface area contributed by atoms with E-state index in [9.17, 15) is 9.59 Å². The summed E-state index contributed by atoms with van der Waals surface area (Å²) in [5.41, 5.74) is 2.91. The van der Waals surface area contributed by atoms with Crippen LogP contribution in [0.3, 0.4) is 0 Å². The Labute approximate surface area is 178 Å². The van der Waals surface area contributed by atoms with Crippen LogP contribution in [-0.2, 0) is 9.53 Å². The minimum Gasteiger partial charge on any atom is -0.368 e. The Balaban J connectivity index is 1.74. The zero-order chi connectivity index (χ0) is 21.3. The Morgan fingerprint density at radius 3 is 2.67 bits per heavy atom. The summed E-state index contributed by atoms with van der Waals surface area (Å²) in [5, 5.41) is 2.92. The van der Waals surface area contributed by atoms with Gasteiger partial charge in [0.2, 0.25) is 0 Å². The van der Waals surface area contributed by atoms with Crippen LogP contribution in [0.4, 0.5) is 5.69 Å². The van der Waals surface area contributed by atoms with Crippen LogP contribution >= 0.6 is 0 Å². The minimum absolute atomic E-state index is 0.0788. The summed E-state index contributed by atoms with van der Waals surface area (Å²) in [6, 6.07) is 15.1. The Bertz CT molecular complexity index is 938. The molecule has 0 saturated carbocycles. The quantitative estimate of drug-likeness (QED) is 0.740. The van der Waals surface area contributed by atoms with Crippen molar-refractivity contribution in [2.75, 3.05) is 25.0 Å². The highest BCUT2D eigenvalue weighted by Crippen LogP contribution is 2.22. The van der Waals surface area contributed by atoms with Gasteiger partial charge in [-0.25, -0.2) is 0 Å². The largest absolute Gasteiger partial charge is 0.368 e. The van der Waals surface area contributed by atoms with Crippen molar-refractivity contribution in [3.05, 3.63) is 65.2 Å². The van der Waals surface area contributed by atoms with Crippen LogP contribution < -0.4 is 5.32 Å². The standard InChI is InChI=1S/C25H28N2O3/c1-3-16-27(17-8-12-20-10-5-4-6-11-20)25(29)21-13-7-14-22(19(21)2)26-24(28)23-15-9-18-30-23/h4-7,10-11,13-14,23H,3,9,15-18H2,1-2H3,(H,26,28)/t23-/m1/s1. The van der Waals surface area contributed by atoms with Crippen molar-refractivity contribution in [2.45, 2.75) is 39.2 Å². The Hall–Kier alpha value is -3.10. The van der Waals surface area contributed by atoms with Crippen LogP contribution in [0.1, 0.15) is 47.7 Å². The molecule has 156 valence electrons. The van der Waals surface area contributed by atoms with E-state index in [1.165, 1.54) is 0 Å². The van der Waals surface area contributed by atoms with Crippen LogP contribution in [0.2, 0.25) is 0 Å². The normalized spacial score (nSPS) is 15.2. The number of hydrogen-bond donors (Lipinski definition) is 1. The lowest BCUT2D eigenvalue weighted by molar-refractivity contribution is -0.124. The fraction of sp³-hybridized carbons (Fsp3) is 0.360. The molecule has 5 heteroatoms. The van der Waals surface area contributed by atoms with Gasteiger partial charge in [-0.1, -0.05) is 43.0 Å². The summed E-state index contributed by atoms with van der Waals surface area (Å²) >= 11 is 0. The van der Waals surface area contributed by atoms with Crippen LogP contribution in [0, 0.1) is 18.8 Å². The van der Waals surface area contributed by atoms with E-state index in [4.69, 9.17) is 4.74 Å². The molecule has 0 aliphatic carbocycles. The van der Waals surface area contributed by atoms with Gasteiger partial charge in [0.1, 0.15) is 6.10 Å². The molecule has 1 aliphatic rings. The lowest BCUT2D eigenvalue weighted by Gasteiger charge is -2.22. The fourth-order valence-corrected chi connectivity index (χ4v) is 3.45. The molecule has 0 bridgehead atoms. The van der Waals surface area contributed by atoms with Crippen LogP contribution in [-0.4, -0.2) is 42.5 Å². The molecular weight excluding hydrogens is 376 g/mol. The molecule has 1 saturated heterocycles. The molecule has 1 heterocycles. The molecule has 1 N–H and O–H groups in total. The lowest BCUT2D eigenvalue weighted by atomic mass is 10.0. The van der Waals surface area contributed by atoms with Crippen molar-refractivity contribution in [2.24, 2.45) is 0 Å². The first-order valence-electron chi connectivity index (χ1n) is 10.5. The SMILES string of the molecule is CCCN(CC#Cc1ccccc1)C(=O)c1cccc(NC(=O)[C@H]2CCCO2)c1C. The van der Waals surface area contributed by atoms with E-state index in [-0.39, 0.29) is 11.8 Å². The smallest absolute Gasteiger partial charge is 0.254 e. The second-order valence-electron chi connectivity index (χ2n) is 7.36. The van der Waals surface area contributed by atoms with E-state index in [1.807, 2.05) is 50.2 Å². The van der Waals surface area contributed by atoms with Crippen LogP contribution in [0.5, 0.6) is 0 Å². The van der Waals surface area contributed by atoms with E-state index >= 15 is 0 Å². The summed E-state index contributed by atoms with van der Waals surface area (Å²) in [4.78, 5) is 27.4. The number of ether oxygens (including phenoxy) is 1. The molecule has 0 radical (unpaired) electrons. The molecule has 1 fully saturated rings. The average Bonchev–Trinajstić information content (AvgIpc) is 3.30. The maximum absolute atomic E-state index is 13.2. The third kappa shape index (κ3) is 5.49. The highest BCUT2D eigenvalue weighted by molar-refractivity contribution is 6.00. The van der Waals surface area contributed by atoms with E-state index < -0.39 is 6.10 Å². The first-order chi connectivity index (χ1) is 14.6. The van der Waals surface area contributed by atoms with E-state index in [2.05, 4.69) is 17.2 Å². The Morgan fingerprint density at radius 2 is 1.97 bits per heavy atom.